The Balaban J connectivity index is 1.56. The smallest absolute Gasteiger partial charge is 0.311 e. The maximum absolute atomic E-state index is 12.1. The fourth-order valence-corrected chi connectivity index (χ4v) is 3.43. The summed E-state index contributed by atoms with van der Waals surface area (Å²) in [5.74, 6) is -0.699. The second kappa shape index (κ2) is 7.94. The Hall–Kier alpha value is -2.66. The number of ether oxygens (including phenoxy) is 1. The first kappa shape index (κ1) is 17.2. The highest BCUT2D eigenvalue weighted by atomic mass is 32.1. The number of esters is 1. The van der Waals surface area contributed by atoms with Crippen molar-refractivity contribution in [1.29, 1.82) is 0 Å². The molecular formula is C20H19NO3S. The monoisotopic (exact) mass is 353 g/mol. The largest absolute Gasteiger partial charge is 0.455 e. The molecule has 0 aliphatic carbocycles. The average Bonchev–Trinajstić information content (AvgIpc) is 3.12. The second-order valence-electron chi connectivity index (χ2n) is 5.77. The number of thiophene rings is 1. The molecule has 3 aromatic rings. The van der Waals surface area contributed by atoms with Crippen LogP contribution in [0, 0.1) is 0 Å². The number of amides is 1. The molecule has 0 aliphatic heterocycles. The van der Waals surface area contributed by atoms with E-state index in [4.69, 9.17) is 4.74 Å². The summed E-state index contributed by atoms with van der Waals surface area (Å²) in [5.41, 5.74) is 1.04. The topological polar surface area (TPSA) is 55.4 Å². The van der Waals surface area contributed by atoms with E-state index in [-0.39, 0.29) is 25.0 Å². The standard InChI is InChI=1S/C20H19NO3S/c1-14(17-10-4-7-15-6-2-3-9-18(15)17)21-19(22)13-24-20(23)12-16-8-5-11-25-16/h2-11,14H,12-13H2,1H3,(H,21,22)/t14-/m1/s1. The Morgan fingerprint density at radius 2 is 1.88 bits per heavy atom. The van der Waals surface area contributed by atoms with E-state index in [1.165, 1.54) is 11.3 Å². The summed E-state index contributed by atoms with van der Waals surface area (Å²) >= 11 is 1.49. The molecule has 1 N–H and O–H groups in total. The SMILES string of the molecule is C[C@@H](NC(=O)COC(=O)Cc1cccs1)c1cccc2ccccc12. The van der Waals surface area contributed by atoms with E-state index >= 15 is 0 Å². The maximum Gasteiger partial charge on any atom is 0.311 e. The third kappa shape index (κ3) is 4.45. The normalized spacial score (nSPS) is 11.9. The van der Waals surface area contributed by atoms with Crippen molar-refractivity contribution < 1.29 is 14.3 Å². The number of hydrogen-bond acceptors (Lipinski definition) is 4. The molecule has 4 nitrogen and oxygen atoms in total. The molecule has 0 spiro atoms. The lowest BCUT2D eigenvalue weighted by atomic mass is 10.00. The summed E-state index contributed by atoms with van der Waals surface area (Å²) in [6, 6.07) is 17.6. The molecule has 5 heteroatoms. The first-order chi connectivity index (χ1) is 12.1. The number of fused-ring (bicyclic) bond motifs is 1. The van der Waals surface area contributed by atoms with Crippen LogP contribution < -0.4 is 5.32 Å². The van der Waals surface area contributed by atoms with E-state index in [9.17, 15) is 9.59 Å². The van der Waals surface area contributed by atoms with Crippen molar-refractivity contribution in [2.75, 3.05) is 6.61 Å². The molecule has 1 atom stereocenters. The van der Waals surface area contributed by atoms with Gasteiger partial charge in [0.1, 0.15) is 0 Å². The molecule has 1 amide bonds. The van der Waals surface area contributed by atoms with Gasteiger partial charge in [-0.05, 0) is 34.7 Å². The van der Waals surface area contributed by atoms with Gasteiger partial charge in [-0.2, -0.15) is 0 Å². The molecule has 1 heterocycles. The van der Waals surface area contributed by atoms with Crippen LogP contribution in [0.25, 0.3) is 10.8 Å². The molecule has 3 rings (SSSR count). The van der Waals surface area contributed by atoms with Gasteiger partial charge >= 0.3 is 5.97 Å². The van der Waals surface area contributed by atoms with E-state index in [1.807, 2.05) is 66.9 Å². The number of carbonyl (C=O) groups is 2. The summed E-state index contributed by atoms with van der Waals surface area (Å²) in [6.07, 6.45) is 0.198. The average molecular weight is 353 g/mol. The van der Waals surface area contributed by atoms with Crippen molar-refractivity contribution in [3.63, 3.8) is 0 Å². The molecule has 0 unspecified atom stereocenters. The van der Waals surface area contributed by atoms with Crippen LogP contribution in [-0.2, 0) is 20.7 Å². The Morgan fingerprint density at radius 1 is 1.08 bits per heavy atom. The Bertz CT molecular complexity index is 868. The van der Waals surface area contributed by atoms with E-state index in [1.54, 1.807) is 0 Å². The highest BCUT2D eigenvalue weighted by Gasteiger charge is 2.14. The van der Waals surface area contributed by atoms with Gasteiger partial charge < -0.3 is 10.1 Å². The lowest BCUT2D eigenvalue weighted by Crippen LogP contribution is -2.31. The predicted molar refractivity (Wildman–Crippen MR) is 99.5 cm³/mol. The van der Waals surface area contributed by atoms with Gasteiger partial charge in [-0.25, -0.2) is 0 Å². The number of carbonyl (C=O) groups excluding carboxylic acids is 2. The molecule has 1 aromatic heterocycles. The minimum Gasteiger partial charge on any atom is -0.455 e. The Labute approximate surface area is 150 Å². The first-order valence-corrected chi connectivity index (χ1v) is 8.96. The minimum absolute atomic E-state index is 0.172. The molecule has 2 aromatic carbocycles. The summed E-state index contributed by atoms with van der Waals surface area (Å²) in [7, 11) is 0. The van der Waals surface area contributed by atoms with E-state index in [2.05, 4.69) is 5.32 Å². The fourth-order valence-electron chi connectivity index (χ4n) is 2.74. The van der Waals surface area contributed by atoms with Crippen LogP contribution in [0.1, 0.15) is 23.4 Å². The number of nitrogens with one attached hydrogen (secondary N) is 1. The molecule has 0 radical (unpaired) electrons. The predicted octanol–water partition coefficient (Wildman–Crippen LogP) is 3.86. The van der Waals surface area contributed by atoms with Gasteiger partial charge in [-0.1, -0.05) is 48.5 Å². The zero-order valence-electron chi connectivity index (χ0n) is 13.9. The lowest BCUT2D eigenvalue weighted by molar-refractivity contribution is -0.148. The highest BCUT2D eigenvalue weighted by Crippen LogP contribution is 2.23. The maximum atomic E-state index is 12.1. The van der Waals surface area contributed by atoms with Gasteiger partial charge in [0.15, 0.2) is 6.61 Å². The molecule has 0 aliphatic rings. The van der Waals surface area contributed by atoms with Gasteiger partial charge in [0.2, 0.25) is 0 Å². The van der Waals surface area contributed by atoms with E-state index < -0.39 is 5.97 Å². The summed E-state index contributed by atoms with van der Waals surface area (Å²) in [4.78, 5) is 24.8. The van der Waals surface area contributed by atoms with E-state index in [0.29, 0.717) is 0 Å². The molecule has 25 heavy (non-hydrogen) atoms. The van der Waals surface area contributed by atoms with Gasteiger partial charge in [0.25, 0.3) is 5.91 Å². The summed E-state index contributed by atoms with van der Waals surface area (Å²) < 4.78 is 5.06. The van der Waals surface area contributed by atoms with Crippen molar-refractivity contribution in [2.24, 2.45) is 0 Å². The van der Waals surface area contributed by atoms with Gasteiger partial charge in [0, 0.05) is 4.88 Å². The van der Waals surface area contributed by atoms with Crippen molar-refractivity contribution >= 4 is 34.0 Å². The third-order valence-electron chi connectivity index (χ3n) is 3.93. The number of rotatable bonds is 6. The summed E-state index contributed by atoms with van der Waals surface area (Å²) in [6.45, 7) is 1.66. The zero-order valence-corrected chi connectivity index (χ0v) is 14.7. The van der Waals surface area contributed by atoms with Crippen LogP contribution in [0.4, 0.5) is 0 Å². The van der Waals surface area contributed by atoms with Crippen LogP contribution >= 0.6 is 11.3 Å². The number of hydrogen-bond donors (Lipinski definition) is 1. The van der Waals surface area contributed by atoms with Gasteiger partial charge in [-0.15, -0.1) is 11.3 Å². The quantitative estimate of drug-likeness (QED) is 0.685. The fraction of sp³-hybridized carbons (Fsp3) is 0.200. The highest BCUT2D eigenvalue weighted by molar-refractivity contribution is 7.10. The number of benzene rings is 2. The van der Waals surface area contributed by atoms with Crippen LogP contribution in [0.5, 0.6) is 0 Å². The Morgan fingerprint density at radius 3 is 2.68 bits per heavy atom. The van der Waals surface area contributed by atoms with Crippen LogP contribution in [0.15, 0.2) is 60.0 Å². The van der Waals surface area contributed by atoms with Crippen molar-refractivity contribution in [1.82, 2.24) is 5.32 Å². The molecule has 0 saturated carbocycles. The lowest BCUT2D eigenvalue weighted by Gasteiger charge is -2.16. The van der Waals surface area contributed by atoms with Crippen LogP contribution in [0.2, 0.25) is 0 Å². The van der Waals surface area contributed by atoms with E-state index in [0.717, 1.165) is 21.2 Å². The molecule has 0 fully saturated rings. The van der Waals surface area contributed by atoms with Crippen LogP contribution in [0.3, 0.4) is 0 Å². The van der Waals surface area contributed by atoms with Crippen molar-refractivity contribution in [3.05, 3.63) is 70.4 Å². The Kier molecular flexibility index (Phi) is 5.46. The molecular weight excluding hydrogens is 334 g/mol. The first-order valence-electron chi connectivity index (χ1n) is 8.08. The third-order valence-corrected chi connectivity index (χ3v) is 4.81. The summed E-state index contributed by atoms with van der Waals surface area (Å²) in [5, 5.41) is 7.03. The zero-order chi connectivity index (χ0) is 17.6. The van der Waals surface area contributed by atoms with Crippen molar-refractivity contribution in [2.45, 2.75) is 19.4 Å². The van der Waals surface area contributed by atoms with Crippen molar-refractivity contribution in [3.8, 4) is 0 Å². The second-order valence-corrected chi connectivity index (χ2v) is 6.81. The van der Waals surface area contributed by atoms with Gasteiger partial charge in [0.05, 0.1) is 12.5 Å². The molecule has 0 saturated heterocycles. The van der Waals surface area contributed by atoms with Crippen LogP contribution in [-0.4, -0.2) is 18.5 Å². The molecule has 128 valence electrons. The minimum atomic E-state index is -0.393. The molecule has 0 bridgehead atoms. The van der Waals surface area contributed by atoms with Gasteiger partial charge in [-0.3, -0.25) is 9.59 Å².